The van der Waals surface area contributed by atoms with E-state index >= 15 is 0 Å². The van der Waals surface area contributed by atoms with Crippen molar-refractivity contribution in [1.29, 1.82) is 0 Å². The molecule has 187 valence electrons. The average molecular weight is 671 g/mol. The zero-order valence-corrected chi connectivity index (χ0v) is 22.8. The second kappa shape index (κ2) is 10.3. The molecule has 0 saturated carbocycles. The predicted octanol–water partition coefficient (Wildman–Crippen LogP) is 7.29. The van der Waals surface area contributed by atoms with Crippen molar-refractivity contribution < 1.29 is 24.5 Å². The number of fused-ring (bicyclic) bond motifs is 7. The maximum Gasteiger partial charge on any atom is 0.146 e. The van der Waals surface area contributed by atoms with Crippen LogP contribution in [0.3, 0.4) is 0 Å². The Bertz CT molecular complexity index is 1810. The second-order valence-electron chi connectivity index (χ2n) is 9.00. The second-order valence-corrected chi connectivity index (χ2v) is 9.00. The molecule has 5 nitrogen and oxygen atoms in total. The molecule has 0 amide bonds. The first-order chi connectivity index (χ1) is 18.4. The maximum atomic E-state index is 6.40. The largest absolute Gasteiger partial charge is 0.498 e. The van der Waals surface area contributed by atoms with Gasteiger partial charge in [0.1, 0.15) is 16.9 Å². The van der Waals surface area contributed by atoms with Gasteiger partial charge in [-0.15, -0.1) is 54.1 Å². The Morgan fingerprint density at radius 3 is 2.29 bits per heavy atom. The van der Waals surface area contributed by atoms with Crippen molar-refractivity contribution in [2.24, 2.45) is 0 Å². The molecule has 7 aromatic rings. The van der Waals surface area contributed by atoms with Crippen molar-refractivity contribution in [2.45, 2.75) is 19.4 Å². The van der Waals surface area contributed by atoms with Crippen molar-refractivity contribution >= 4 is 33.0 Å². The number of hydrogen-bond acceptors (Lipinski definition) is 4. The molecule has 1 radical (unpaired) electrons. The van der Waals surface area contributed by atoms with Gasteiger partial charge in [-0.1, -0.05) is 35.2 Å². The zero-order chi connectivity index (χ0) is 24.6. The standard InChI is InChI=1S/C21H14N3O.C11H8N.Ir/c1-2-11-22-16(7-1)15-6-3-5-13-14-9-10-17-19(21(14)25-20(13)15)24-12-4-8-18(24)23-17;1-2-6-10(7-3-1)11-8-4-5-9-12-11;/h1-3,5,7,9-11H,4,8,12H2;1-6,8-9H;/q2*-1;. The van der Waals surface area contributed by atoms with E-state index in [0.717, 1.165) is 74.9 Å². The van der Waals surface area contributed by atoms with Crippen LogP contribution in [0.15, 0.2) is 102 Å². The summed E-state index contributed by atoms with van der Waals surface area (Å²) in [6, 6.07) is 34.3. The minimum absolute atomic E-state index is 0. The van der Waals surface area contributed by atoms with Gasteiger partial charge in [-0.25, -0.2) is 4.98 Å². The number of pyridine rings is 2. The molecular weight excluding hydrogens is 649 g/mol. The number of benzene rings is 3. The zero-order valence-electron chi connectivity index (χ0n) is 20.4. The van der Waals surface area contributed by atoms with Crippen molar-refractivity contribution in [3.05, 3.63) is 115 Å². The van der Waals surface area contributed by atoms with E-state index in [2.05, 4.69) is 44.9 Å². The SMILES string of the molecule is [Ir].[c-]1ccc2c(oc3c2ccc2nc4n(c23)CCC4)c1-c1ccccn1.[c-]1ccccc1-c1ccccn1. The van der Waals surface area contributed by atoms with E-state index in [-0.39, 0.29) is 20.1 Å². The number of aryl methyl sites for hydroxylation is 2. The Labute approximate surface area is 233 Å². The van der Waals surface area contributed by atoms with Gasteiger partial charge in [-0.2, -0.15) is 0 Å². The fourth-order valence-corrected chi connectivity index (χ4v) is 5.06. The Hall–Kier alpha value is -4.12. The number of rotatable bonds is 2. The van der Waals surface area contributed by atoms with Crippen LogP contribution in [0.5, 0.6) is 0 Å². The number of furan rings is 1. The molecule has 0 fully saturated rings. The molecule has 0 unspecified atom stereocenters. The molecule has 0 spiro atoms. The third kappa shape index (κ3) is 4.22. The van der Waals surface area contributed by atoms with Gasteiger partial charge in [-0.05, 0) is 42.1 Å². The minimum Gasteiger partial charge on any atom is -0.498 e. The van der Waals surface area contributed by atoms with Crippen LogP contribution in [0.4, 0.5) is 0 Å². The summed E-state index contributed by atoms with van der Waals surface area (Å²) >= 11 is 0. The molecule has 5 heterocycles. The van der Waals surface area contributed by atoms with Crippen molar-refractivity contribution in [3.8, 4) is 22.5 Å². The summed E-state index contributed by atoms with van der Waals surface area (Å²) in [5.74, 6) is 1.17. The fraction of sp³-hybridized carbons (Fsp3) is 0.0938. The van der Waals surface area contributed by atoms with E-state index in [9.17, 15) is 0 Å². The summed E-state index contributed by atoms with van der Waals surface area (Å²) in [6.07, 6.45) is 5.79. The van der Waals surface area contributed by atoms with Gasteiger partial charge in [0.05, 0.1) is 11.1 Å². The monoisotopic (exact) mass is 671 g/mol. The van der Waals surface area contributed by atoms with Gasteiger partial charge in [0.15, 0.2) is 0 Å². The van der Waals surface area contributed by atoms with E-state index in [0.29, 0.717) is 0 Å². The third-order valence-corrected chi connectivity index (χ3v) is 6.74. The first-order valence-electron chi connectivity index (χ1n) is 12.4. The quantitative estimate of drug-likeness (QED) is 0.181. The Morgan fingerprint density at radius 2 is 1.53 bits per heavy atom. The van der Waals surface area contributed by atoms with Gasteiger partial charge >= 0.3 is 0 Å². The van der Waals surface area contributed by atoms with E-state index in [1.807, 2.05) is 66.7 Å². The molecule has 4 aromatic heterocycles. The summed E-state index contributed by atoms with van der Waals surface area (Å²) in [6.45, 7) is 1.02. The number of nitrogens with zero attached hydrogens (tertiary/aromatic N) is 4. The predicted molar refractivity (Wildman–Crippen MR) is 146 cm³/mol. The number of hydrogen-bond donors (Lipinski definition) is 0. The Morgan fingerprint density at radius 1 is 0.737 bits per heavy atom. The van der Waals surface area contributed by atoms with Gasteiger partial charge in [-0.3, -0.25) is 0 Å². The molecule has 0 aliphatic carbocycles. The van der Waals surface area contributed by atoms with Crippen LogP contribution in [0, 0.1) is 12.1 Å². The number of imidazole rings is 1. The Kier molecular flexibility index (Phi) is 6.59. The van der Waals surface area contributed by atoms with E-state index in [1.165, 1.54) is 5.82 Å². The Balaban J connectivity index is 0.000000172. The summed E-state index contributed by atoms with van der Waals surface area (Å²) in [4.78, 5) is 13.5. The van der Waals surface area contributed by atoms with Crippen LogP contribution in [0.1, 0.15) is 12.2 Å². The van der Waals surface area contributed by atoms with E-state index < -0.39 is 0 Å². The van der Waals surface area contributed by atoms with Crippen LogP contribution in [0.2, 0.25) is 0 Å². The number of aromatic nitrogens is 4. The van der Waals surface area contributed by atoms with Gasteiger partial charge in [0, 0.05) is 50.9 Å². The van der Waals surface area contributed by atoms with Crippen molar-refractivity contribution in [1.82, 2.24) is 19.5 Å². The molecule has 0 N–H and O–H groups in total. The molecular formula is C32H22IrN4O-2. The van der Waals surface area contributed by atoms with Crippen LogP contribution in [-0.4, -0.2) is 19.5 Å². The molecule has 0 saturated heterocycles. The van der Waals surface area contributed by atoms with Crippen LogP contribution >= 0.6 is 0 Å². The first-order valence-corrected chi connectivity index (χ1v) is 12.4. The van der Waals surface area contributed by atoms with Gasteiger partial charge in [0.25, 0.3) is 0 Å². The fourth-order valence-electron chi connectivity index (χ4n) is 5.06. The van der Waals surface area contributed by atoms with Gasteiger partial charge in [0.2, 0.25) is 0 Å². The van der Waals surface area contributed by atoms with Crippen LogP contribution < -0.4 is 0 Å². The molecule has 6 heteroatoms. The molecule has 3 aromatic carbocycles. The van der Waals surface area contributed by atoms with E-state index in [1.54, 1.807) is 12.4 Å². The smallest absolute Gasteiger partial charge is 0.146 e. The van der Waals surface area contributed by atoms with Crippen molar-refractivity contribution in [2.75, 3.05) is 0 Å². The summed E-state index contributed by atoms with van der Waals surface area (Å²) < 4.78 is 8.71. The molecule has 1 aliphatic rings. The summed E-state index contributed by atoms with van der Waals surface area (Å²) in [5, 5.41) is 2.23. The molecule has 8 rings (SSSR count). The molecule has 0 bridgehead atoms. The summed E-state index contributed by atoms with van der Waals surface area (Å²) in [5.41, 5.74) is 7.70. The third-order valence-electron chi connectivity index (χ3n) is 6.74. The normalized spacial score (nSPS) is 12.2. The van der Waals surface area contributed by atoms with Crippen molar-refractivity contribution in [3.63, 3.8) is 0 Å². The van der Waals surface area contributed by atoms with Gasteiger partial charge < -0.3 is 19.0 Å². The molecule has 1 aliphatic heterocycles. The minimum atomic E-state index is 0. The van der Waals surface area contributed by atoms with Crippen LogP contribution in [0.25, 0.3) is 55.5 Å². The van der Waals surface area contributed by atoms with E-state index in [4.69, 9.17) is 9.40 Å². The topological polar surface area (TPSA) is 56.7 Å². The average Bonchev–Trinajstić information content (AvgIpc) is 3.67. The summed E-state index contributed by atoms with van der Waals surface area (Å²) in [7, 11) is 0. The maximum absolute atomic E-state index is 6.40. The first kappa shape index (κ1) is 24.2. The molecule has 0 atom stereocenters. The van der Waals surface area contributed by atoms with Crippen LogP contribution in [-0.2, 0) is 33.1 Å². The molecule has 38 heavy (non-hydrogen) atoms.